The van der Waals surface area contributed by atoms with Gasteiger partial charge in [-0.1, -0.05) is 13.8 Å². The van der Waals surface area contributed by atoms with E-state index in [9.17, 15) is 13.2 Å². The summed E-state index contributed by atoms with van der Waals surface area (Å²) < 4.78 is 23.2. The highest BCUT2D eigenvalue weighted by atomic mass is 35.5. The van der Waals surface area contributed by atoms with Crippen LogP contribution >= 0.6 is 12.4 Å². The molecule has 0 aliphatic heterocycles. The smallest absolute Gasteiger partial charge is 0.251 e. The fraction of sp³-hybridized carbons (Fsp3) is 0.533. The third kappa shape index (κ3) is 5.46. The van der Waals surface area contributed by atoms with E-state index in [2.05, 4.69) is 5.32 Å². The number of rotatable bonds is 6. The SMILES string of the molecule is CCC(N)(CC)CNC(=O)c1cc(C)c(C)c(S(N)(=O)=O)c1.Cl. The van der Waals surface area contributed by atoms with Crippen LogP contribution in [0.15, 0.2) is 17.0 Å². The molecule has 0 spiro atoms. The number of sulfonamides is 1. The van der Waals surface area contributed by atoms with Crippen molar-refractivity contribution in [3.63, 3.8) is 0 Å². The average Bonchev–Trinajstić information content (AvgIpc) is 2.45. The predicted octanol–water partition coefficient (Wildman–Crippen LogP) is 1.62. The minimum absolute atomic E-state index is 0. The second kappa shape index (κ2) is 8.10. The summed E-state index contributed by atoms with van der Waals surface area (Å²) in [5.74, 6) is -0.357. The summed E-state index contributed by atoms with van der Waals surface area (Å²) in [6.07, 6.45) is 1.47. The number of nitrogens with one attached hydrogen (secondary N) is 1. The van der Waals surface area contributed by atoms with E-state index in [4.69, 9.17) is 10.9 Å². The Labute approximate surface area is 144 Å². The molecule has 0 aliphatic rings. The van der Waals surface area contributed by atoms with E-state index in [1.807, 2.05) is 13.8 Å². The zero-order valence-corrected chi connectivity index (χ0v) is 15.6. The number of primary sulfonamides is 1. The van der Waals surface area contributed by atoms with Crippen molar-refractivity contribution in [2.24, 2.45) is 10.9 Å². The van der Waals surface area contributed by atoms with E-state index in [-0.39, 0.29) is 28.8 Å². The summed E-state index contributed by atoms with van der Waals surface area (Å²) in [4.78, 5) is 12.2. The van der Waals surface area contributed by atoms with E-state index in [0.717, 1.165) is 12.8 Å². The minimum atomic E-state index is -3.87. The van der Waals surface area contributed by atoms with Gasteiger partial charge in [-0.05, 0) is 49.9 Å². The lowest BCUT2D eigenvalue weighted by atomic mass is 9.94. The Morgan fingerprint density at radius 2 is 1.74 bits per heavy atom. The fourth-order valence-electron chi connectivity index (χ4n) is 2.11. The van der Waals surface area contributed by atoms with E-state index in [1.165, 1.54) is 6.07 Å². The van der Waals surface area contributed by atoms with Crippen LogP contribution in [0.3, 0.4) is 0 Å². The second-order valence-corrected chi connectivity index (χ2v) is 7.24. The first-order chi connectivity index (χ1) is 10.0. The lowest BCUT2D eigenvalue weighted by molar-refractivity contribution is 0.0942. The van der Waals surface area contributed by atoms with E-state index >= 15 is 0 Å². The maximum atomic E-state index is 12.3. The van der Waals surface area contributed by atoms with Crippen LogP contribution < -0.4 is 16.2 Å². The first kappa shape index (κ1) is 21.9. The van der Waals surface area contributed by atoms with Gasteiger partial charge in [0.2, 0.25) is 10.0 Å². The van der Waals surface area contributed by atoms with Crippen LogP contribution in [0.1, 0.15) is 48.2 Å². The Bertz CT molecular complexity index is 671. The van der Waals surface area contributed by atoms with Crippen molar-refractivity contribution < 1.29 is 13.2 Å². The molecule has 0 aromatic heterocycles. The molecule has 0 atom stereocenters. The molecule has 0 heterocycles. The topological polar surface area (TPSA) is 115 Å². The first-order valence-corrected chi connectivity index (χ1v) is 8.80. The summed E-state index contributed by atoms with van der Waals surface area (Å²) in [5.41, 5.74) is 7.20. The van der Waals surface area contributed by atoms with Gasteiger partial charge >= 0.3 is 0 Å². The summed E-state index contributed by atoms with van der Waals surface area (Å²) in [7, 11) is -3.87. The van der Waals surface area contributed by atoms with Gasteiger partial charge in [-0.25, -0.2) is 13.6 Å². The number of nitrogens with two attached hydrogens (primary N) is 2. The highest BCUT2D eigenvalue weighted by Crippen LogP contribution is 2.20. The third-order valence-electron chi connectivity index (χ3n) is 4.20. The molecular formula is C15H26ClN3O3S. The highest BCUT2D eigenvalue weighted by molar-refractivity contribution is 7.89. The van der Waals surface area contributed by atoms with Crippen LogP contribution in [0.5, 0.6) is 0 Å². The lowest BCUT2D eigenvalue weighted by Crippen LogP contribution is -2.49. The van der Waals surface area contributed by atoms with Gasteiger partial charge in [-0.3, -0.25) is 4.79 Å². The molecule has 5 N–H and O–H groups in total. The molecule has 0 saturated carbocycles. The van der Waals surface area contributed by atoms with Gasteiger partial charge in [-0.2, -0.15) is 0 Å². The Kier molecular flexibility index (Phi) is 7.69. The Morgan fingerprint density at radius 3 is 2.17 bits per heavy atom. The lowest BCUT2D eigenvalue weighted by Gasteiger charge is -2.26. The Balaban J connectivity index is 0.00000484. The molecular weight excluding hydrogens is 338 g/mol. The second-order valence-electron chi connectivity index (χ2n) is 5.71. The maximum Gasteiger partial charge on any atom is 0.251 e. The Morgan fingerprint density at radius 1 is 1.22 bits per heavy atom. The van der Waals surface area contributed by atoms with E-state index < -0.39 is 15.6 Å². The van der Waals surface area contributed by atoms with Crippen molar-refractivity contribution in [2.75, 3.05) is 6.54 Å². The van der Waals surface area contributed by atoms with Crippen molar-refractivity contribution in [1.29, 1.82) is 0 Å². The third-order valence-corrected chi connectivity index (χ3v) is 5.23. The molecule has 0 fully saturated rings. The first-order valence-electron chi connectivity index (χ1n) is 7.25. The van der Waals surface area contributed by atoms with Gasteiger partial charge in [0.05, 0.1) is 4.90 Å². The molecule has 23 heavy (non-hydrogen) atoms. The highest BCUT2D eigenvalue weighted by Gasteiger charge is 2.22. The van der Waals surface area contributed by atoms with Crippen molar-refractivity contribution in [2.45, 2.75) is 51.0 Å². The van der Waals surface area contributed by atoms with Crippen molar-refractivity contribution in [3.8, 4) is 0 Å². The maximum absolute atomic E-state index is 12.3. The number of halogens is 1. The van der Waals surface area contributed by atoms with Gasteiger partial charge < -0.3 is 11.1 Å². The molecule has 1 aromatic rings. The number of carbonyl (C=O) groups is 1. The molecule has 0 bridgehead atoms. The van der Waals surface area contributed by atoms with Gasteiger partial charge in [0.25, 0.3) is 5.91 Å². The number of hydrogen-bond acceptors (Lipinski definition) is 4. The molecule has 1 amide bonds. The number of aryl methyl sites for hydroxylation is 1. The molecule has 0 saturated heterocycles. The van der Waals surface area contributed by atoms with Crippen LogP contribution in [0.2, 0.25) is 0 Å². The molecule has 1 aromatic carbocycles. The Hall–Kier alpha value is -1.15. The predicted molar refractivity (Wildman–Crippen MR) is 94.4 cm³/mol. The summed E-state index contributed by atoms with van der Waals surface area (Å²) in [6, 6.07) is 2.96. The number of carbonyl (C=O) groups excluding carboxylic acids is 1. The van der Waals surface area contributed by atoms with Crippen LogP contribution in [-0.2, 0) is 10.0 Å². The largest absolute Gasteiger partial charge is 0.350 e. The summed E-state index contributed by atoms with van der Waals surface area (Å²) in [5, 5.41) is 7.97. The van der Waals surface area contributed by atoms with Crippen molar-refractivity contribution in [3.05, 3.63) is 28.8 Å². The van der Waals surface area contributed by atoms with Gasteiger partial charge in [0.1, 0.15) is 0 Å². The van der Waals surface area contributed by atoms with Gasteiger partial charge in [0.15, 0.2) is 0 Å². The summed E-state index contributed by atoms with van der Waals surface area (Å²) >= 11 is 0. The summed E-state index contributed by atoms with van der Waals surface area (Å²) in [6.45, 7) is 7.66. The molecule has 8 heteroatoms. The van der Waals surface area contributed by atoms with Crippen molar-refractivity contribution >= 4 is 28.3 Å². The molecule has 132 valence electrons. The molecule has 6 nitrogen and oxygen atoms in total. The standard InChI is InChI=1S/C15H25N3O3S.ClH/c1-5-15(16,6-2)9-18-14(19)12-7-10(3)11(4)13(8-12)22(17,20)21;/h7-8H,5-6,9,16H2,1-4H3,(H,18,19)(H2,17,20,21);1H. The monoisotopic (exact) mass is 363 g/mol. The number of hydrogen-bond donors (Lipinski definition) is 3. The number of amides is 1. The molecule has 0 radical (unpaired) electrons. The van der Waals surface area contributed by atoms with Crippen LogP contribution in [0.4, 0.5) is 0 Å². The van der Waals surface area contributed by atoms with Gasteiger partial charge in [-0.15, -0.1) is 12.4 Å². The van der Waals surface area contributed by atoms with Crippen LogP contribution in [0, 0.1) is 13.8 Å². The zero-order valence-electron chi connectivity index (χ0n) is 14.0. The van der Waals surface area contributed by atoms with Crippen molar-refractivity contribution in [1.82, 2.24) is 5.32 Å². The van der Waals surface area contributed by atoms with Crippen LogP contribution in [0.25, 0.3) is 0 Å². The van der Waals surface area contributed by atoms with E-state index in [0.29, 0.717) is 17.7 Å². The van der Waals surface area contributed by atoms with Gasteiger partial charge in [0, 0.05) is 17.6 Å². The minimum Gasteiger partial charge on any atom is -0.350 e. The molecule has 0 aliphatic carbocycles. The normalized spacial score (nSPS) is 11.7. The molecule has 1 rings (SSSR count). The fourth-order valence-corrected chi connectivity index (χ4v) is 2.99. The average molecular weight is 364 g/mol. The quantitative estimate of drug-likeness (QED) is 0.712. The van der Waals surface area contributed by atoms with Crippen LogP contribution in [-0.4, -0.2) is 26.4 Å². The van der Waals surface area contributed by atoms with E-state index in [1.54, 1.807) is 19.9 Å². The molecule has 0 unspecified atom stereocenters. The number of benzene rings is 1. The zero-order chi connectivity index (χ0) is 17.1.